The first-order valence-corrected chi connectivity index (χ1v) is 20.7. The average Bonchev–Trinajstić information content (AvgIpc) is 3.67. The van der Waals surface area contributed by atoms with Gasteiger partial charge in [-0.3, -0.25) is 0 Å². The monoisotopic (exact) mass is 626 g/mol. The maximum atomic E-state index is 10.1. The second-order valence-electron chi connectivity index (χ2n) is 15.0. The molecule has 7 heteroatoms. The molecule has 2 aromatic carbocycles. The van der Waals surface area contributed by atoms with Crippen molar-refractivity contribution in [3.05, 3.63) is 60.7 Å². The van der Waals surface area contributed by atoms with Crippen molar-refractivity contribution in [3.8, 4) is 0 Å². The Kier molecular flexibility index (Phi) is 10.9. The zero-order chi connectivity index (χ0) is 31.6. The first-order chi connectivity index (χ1) is 20.2. The van der Waals surface area contributed by atoms with E-state index in [1.54, 1.807) is 0 Å². The second-order valence-corrected chi connectivity index (χ2v) is 24.7. The molecule has 0 aromatic heterocycles. The summed E-state index contributed by atoms with van der Waals surface area (Å²) in [5.41, 5.74) is 1.49. The molecule has 0 bridgehead atoms. The number of fused-ring (bicyclic) bond motifs is 1. The van der Waals surface area contributed by atoms with Crippen LogP contribution in [-0.4, -0.2) is 58.6 Å². The van der Waals surface area contributed by atoms with E-state index in [1.165, 1.54) is 10.4 Å². The highest BCUT2D eigenvalue weighted by atomic mass is 28.4. The normalized spacial score (nSPS) is 25.3. The maximum Gasteiger partial charge on any atom is 0.261 e. The van der Waals surface area contributed by atoms with Crippen molar-refractivity contribution in [1.29, 1.82) is 0 Å². The first kappa shape index (κ1) is 34.5. The van der Waals surface area contributed by atoms with E-state index < -0.39 is 28.5 Å². The number of hydrogen-bond donors (Lipinski definition) is 1. The molecular formula is C36H58O5Si2. The van der Waals surface area contributed by atoms with Crippen LogP contribution >= 0.6 is 0 Å². The Morgan fingerprint density at radius 2 is 1.35 bits per heavy atom. The summed E-state index contributed by atoms with van der Waals surface area (Å²) in [4.78, 5) is 0. The quantitative estimate of drug-likeness (QED) is 0.173. The molecule has 2 heterocycles. The van der Waals surface area contributed by atoms with Gasteiger partial charge in [-0.05, 0) is 51.8 Å². The third-order valence-corrected chi connectivity index (χ3v) is 21.2. The summed E-state index contributed by atoms with van der Waals surface area (Å²) in [6.07, 6.45) is 2.42. The molecular weight excluding hydrogens is 569 g/mol. The molecule has 0 saturated carbocycles. The number of epoxide rings is 1. The van der Waals surface area contributed by atoms with E-state index >= 15 is 0 Å². The lowest BCUT2D eigenvalue weighted by molar-refractivity contribution is -0.127. The minimum Gasteiger partial charge on any atom is -0.410 e. The van der Waals surface area contributed by atoms with Crippen molar-refractivity contribution < 1.29 is 23.4 Å². The Bertz CT molecular complexity index is 1090. The molecule has 5 atom stereocenters. The number of rotatable bonds is 14. The van der Waals surface area contributed by atoms with Crippen LogP contribution in [0.4, 0.5) is 0 Å². The van der Waals surface area contributed by atoms with E-state index in [0.717, 1.165) is 12.8 Å². The molecule has 0 spiro atoms. The molecule has 2 aliphatic rings. The maximum absolute atomic E-state index is 10.1. The van der Waals surface area contributed by atoms with E-state index in [-0.39, 0.29) is 23.4 Å². The van der Waals surface area contributed by atoms with Crippen molar-refractivity contribution in [1.82, 2.24) is 0 Å². The van der Waals surface area contributed by atoms with Gasteiger partial charge >= 0.3 is 0 Å². The van der Waals surface area contributed by atoms with Gasteiger partial charge in [0.15, 0.2) is 5.79 Å². The minimum atomic E-state index is -2.63. The number of hydrogen-bond acceptors (Lipinski definition) is 5. The third-order valence-electron chi connectivity index (χ3n) is 10.1. The molecule has 2 fully saturated rings. The van der Waals surface area contributed by atoms with Gasteiger partial charge in [-0.1, -0.05) is 123 Å². The van der Waals surface area contributed by atoms with E-state index in [1.807, 2.05) is 6.92 Å². The predicted molar refractivity (Wildman–Crippen MR) is 182 cm³/mol. The van der Waals surface area contributed by atoms with Crippen LogP contribution in [0.1, 0.15) is 94.9 Å². The summed E-state index contributed by atoms with van der Waals surface area (Å²) in [5.74, 6) is -0.660. The Morgan fingerprint density at radius 1 is 0.837 bits per heavy atom. The molecule has 0 radical (unpaired) electrons. The molecule has 2 aliphatic heterocycles. The molecule has 240 valence electrons. The van der Waals surface area contributed by atoms with Gasteiger partial charge in [-0.15, -0.1) is 0 Å². The first-order valence-electron chi connectivity index (χ1n) is 16.7. The number of aliphatic hydroxyl groups excluding tert-OH is 1. The van der Waals surface area contributed by atoms with E-state index in [9.17, 15) is 5.11 Å². The summed E-state index contributed by atoms with van der Waals surface area (Å²) in [6, 6.07) is 21.7. The summed E-state index contributed by atoms with van der Waals surface area (Å²) in [6.45, 7) is 23.5. The van der Waals surface area contributed by atoms with Crippen molar-refractivity contribution in [2.24, 2.45) is 0 Å². The van der Waals surface area contributed by atoms with Crippen molar-refractivity contribution >= 4 is 27.0 Å². The standard InChI is InChI=1S/C36H58O5Si2/c1-26(2)42(27(3)4,28(5)6)41-33-25-30(39-36(34(33)40-36)23-21-29(7)37)22-24-38-43(35(8,9)10,31-17-13-11-14-18-31)32-19-15-12-16-20-32/h11-20,26-30,33-34,37H,21-25H2,1-10H3/t29-,30+,33-,34+,36+/m0/s1. The van der Waals surface area contributed by atoms with E-state index in [2.05, 4.69) is 123 Å². The van der Waals surface area contributed by atoms with Crippen LogP contribution in [0.15, 0.2) is 60.7 Å². The SMILES string of the molecule is CC(C)[Si](O[C@H]1C[C@@H](CCO[Si](c2ccccc2)(c2ccccc2)C(C)(C)C)O[C@]2(CC[C@H](C)O)O[C@H]12)(C(C)C)C(C)C. The Balaban J connectivity index is 1.60. The minimum absolute atomic E-state index is 0.000481. The van der Waals surface area contributed by atoms with Gasteiger partial charge in [-0.25, -0.2) is 0 Å². The van der Waals surface area contributed by atoms with E-state index in [4.69, 9.17) is 18.3 Å². The zero-order valence-corrected chi connectivity index (χ0v) is 30.4. The topological polar surface area (TPSA) is 60.5 Å². The number of aliphatic hydroxyl groups is 1. The molecule has 0 aliphatic carbocycles. The molecule has 4 rings (SSSR count). The van der Waals surface area contributed by atoms with Gasteiger partial charge in [0, 0.05) is 19.4 Å². The molecule has 2 saturated heterocycles. The Hall–Kier alpha value is -1.33. The number of benzene rings is 2. The van der Waals surface area contributed by atoms with Gasteiger partial charge in [0.1, 0.15) is 6.10 Å². The number of ether oxygens (including phenoxy) is 2. The fourth-order valence-corrected chi connectivity index (χ4v) is 18.2. The van der Waals surface area contributed by atoms with Gasteiger partial charge in [-0.2, -0.15) is 0 Å². The second kappa shape index (κ2) is 13.6. The molecule has 2 aromatic rings. The fourth-order valence-electron chi connectivity index (χ4n) is 8.08. The van der Waals surface area contributed by atoms with Crippen LogP contribution in [-0.2, 0) is 18.3 Å². The van der Waals surface area contributed by atoms with Gasteiger partial charge in [0.25, 0.3) is 8.32 Å². The third kappa shape index (κ3) is 6.93. The molecule has 0 amide bonds. The van der Waals surface area contributed by atoms with Crippen LogP contribution < -0.4 is 10.4 Å². The average molecular weight is 627 g/mol. The van der Waals surface area contributed by atoms with Gasteiger partial charge in [0.2, 0.25) is 8.32 Å². The van der Waals surface area contributed by atoms with Crippen LogP contribution in [0.3, 0.4) is 0 Å². The summed E-state index contributed by atoms with van der Waals surface area (Å²) in [5, 5.41) is 12.6. The highest BCUT2D eigenvalue weighted by molar-refractivity contribution is 6.99. The van der Waals surface area contributed by atoms with Crippen LogP contribution in [0, 0.1) is 0 Å². The highest BCUT2D eigenvalue weighted by Crippen LogP contribution is 2.54. The largest absolute Gasteiger partial charge is 0.410 e. The van der Waals surface area contributed by atoms with E-state index in [0.29, 0.717) is 36.1 Å². The summed E-state index contributed by atoms with van der Waals surface area (Å²) in [7, 11) is -4.75. The Morgan fingerprint density at radius 3 is 1.79 bits per heavy atom. The van der Waals surface area contributed by atoms with Gasteiger partial charge < -0.3 is 23.4 Å². The van der Waals surface area contributed by atoms with Crippen LogP contribution in [0.25, 0.3) is 0 Å². The van der Waals surface area contributed by atoms with Crippen molar-refractivity contribution in [2.75, 3.05) is 6.61 Å². The van der Waals surface area contributed by atoms with Crippen molar-refractivity contribution in [2.45, 2.75) is 147 Å². The molecule has 43 heavy (non-hydrogen) atoms. The lowest BCUT2D eigenvalue weighted by atomic mass is 9.96. The fraction of sp³-hybridized carbons (Fsp3) is 0.667. The van der Waals surface area contributed by atoms with Crippen LogP contribution in [0.2, 0.25) is 21.7 Å². The van der Waals surface area contributed by atoms with Crippen LogP contribution in [0.5, 0.6) is 0 Å². The summed E-state index contributed by atoms with van der Waals surface area (Å²) < 4.78 is 27.8. The van der Waals surface area contributed by atoms with Crippen molar-refractivity contribution in [3.63, 3.8) is 0 Å². The lowest BCUT2D eigenvalue weighted by Crippen LogP contribution is -2.66. The smallest absolute Gasteiger partial charge is 0.261 e. The lowest BCUT2D eigenvalue weighted by Gasteiger charge is -2.46. The molecule has 0 unspecified atom stereocenters. The zero-order valence-electron chi connectivity index (χ0n) is 28.4. The van der Waals surface area contributed by atoms with Gasteiger partial charge in [0.05, 0.1) is 18.3 Å². The molecule has 1 N–H and O–H groups in total. The predicted octanol–water partition coefficient (Wildman–Crippen LogP) is 7.56. The Labute approximate surface area is 263 Å². The highest BCUT2D eigenvalue weighted by Gasteiger charge is 2.67. The molecule has 5 nitrogen and oxygen atoms in total. The summed E-state index contributed by atoms with van der Waals surface area (Å²) >= 11 is 0.